The maximum Gasteiger partial charge on any atom is 0.240 e. The van der Waals surface area contributed by atoms with Crippen LogP contribution in [0.3, 0.4) is 0 Å². The van der Waals surface area contributed by atoms with E-state index in [-0.39, 0.29) is 16.3 Å². The first-order valence-electron chi connectivity index (χ1n) is 6.85. The zero-order valence-electron chi connectivity index (χ0n) is 12.0. The molecule has 1 aliphatic heterocycles. The molecule has 0 aromatic heterocycles. The summed E-state index contributed by atoms with van der Waals surface area (Å²) in [5, 5.41) is 8.23. The van der Waals surface area contributed by atoms with E-state index in [2.05, 4.69) is 14.9 Å². The van der Waals surface area contributed by atoms with E-state index in [1.165, 1.54) is 18.2 Å². The first kappa shape index (κ1) is 17.3. The lowest BCUT2D eigenvalue weighted by Crippen LogP contribution is -2.46. The molecule has 0 unspecified atom stereocenters. The first-order valence-corrected chi connectivity index (χ1v) is 9.87. The summed E-state index contributed by atoms with van der Waals surface area (Å²) < 4.78 is 49.4. The molecular weight excluding hydrogens is 328 g/mol. The molecule has 1 fully saturated rings. The highest BCUT2D eigenvalue weighted by molar-refractivity contribution is 7.90. The minimum absolute atomic E-state index is 0.112. The summed E-state index contributed by atoms with van der Waals surface area (Å²) in [5.41, 5.74) is 0. The molecule has 8 nitrogen and oxygen atoms in total. The molecule has 0 radical (unpaired) electrons. The van der Waals surface area contributed by atoms with Gasteiger partial charge in [-0.3, -0.25) is 4.90 Å². The Balaban J connectivity index is 2.01. The molecule has 4 N–H and O–H groups in total. The van der Waals surface area contributed by atoms with Gasteiger partial charge in [-0.25, -0.2) is 26.7 Å². The van der Waals surface area contributed by atoms with Gasteiger partial charge in [-0.05, 0) is 18.2 Å². The van der Waals surface area contributed by atoms with Gasteiger partial charge in [0.2, 0.25) is 20.0 Å². The maximum atomic E-state index is 12.2. The Labute approximate surface area is 130 Å². The molecule has 0 aliphatic carbocycles. The van der Waals surface area contributed by atoms with Gasteiger partial charge in [0.05, 0.1) is 9.79 Å². The SMILES string of the molecule is NS(=O)(=O)c1cccc(S(=O)(=O)NCCN2CCNCC2)c1. The highest BCUT2D eigenvalue weighted by Gasteiger charge is 2.17. The second-order valence-electron chi connectivity index (χ2n) is 5.01. The van der Waals surface area contributed by atoms with Crippen LogP contribution in [0.25, 0.3) is 0 Å². The predicted octanol–water partition coefficient (Wildman–Crippen LogP) is -1.48. The van der Waals surface area contributed by atoms with Crippen LogP contribution >= 0.6 is 0 Å². The van der Waals surface area contributed by atoms with Crippen LogP contribution in [-0.2, 0) is 20.0 Å². The van der Waals surface area contributed by atoms with Crippen molar-refractivity contribution in [3.05, 3.63) is 24.3 Å². The van der Waals surface area contributed by atoms with Crippen molar-refractivity contribution in [1.82, 2.24) is 14.9 Å². The number of primary sulfonamides is 1. The lowest BCUT2D eigenvalue weighted by Gasteiger charge is -2.27. The fourth-order valence-electron chi connectivity index (χ4n) is 2.17. The van der Waals surface area contributed by atoms with E-state index in [4.69, 9.17) is 5.14 Å². The van der Waals surface area contributed by atoms with Gasteiger partial charge in [0.25, 0.3) is 0 Å². The van der Waals surface area contributed by atoms with Gasteiger partial charge in [-0.2, -0.15) is 0 Å². The molecule has 0 saturated carbocycles. The lowest BCUT2D eigenvalue weighted by atomic mass is 10.3. The van der Waals surface area contributed by atoms with Crippen LogP contribution in [0, 0.1) is 0 Å². The Bertz CT molecular complexity index is 712. The molecule has 22 heavy (non-hydrogen) atoms. The van der Waals surface area contributed by atoms with E-state index >= 15 is 0 Å². The van der Waals surface area contributed by atoms with Gasteiger partial charge in [-0.1, -0.05) is 6.07 Å². The number of hydrogen-bond acceptors (Lipinski definition) is 6. The zero-order valence-corrected chi connectivity index (χ0v) is 13.7. The van der Waals surface area contributed by atoms with Crippen LogP contribution in [0.4, 0.5) is 0 Å². The van der Waals surface area contributed by atoms with Crippen LogP contribution < -0.4 is 15.2 Å². The predicted molar refractivity (Wildman–Crippen MR) is 82.3 cm³/mol. The standard InChI is InChI=1S/C12H20N4O4S2/c13-21(17,18)11-2-1-3-12(10-11)22(19,20)15-6-9-16-7-4-14-5-8-16/h1-3,10,14-15H,4-9H2,(H2,13,17,18). The number of benzene rings is 1. The second kappa shape index (κ2) is 7.02. The summed E-state index contributed by atoms with van der Waals surface area (Å²) in [5.74, 6) is 0. The quantitative estimate of drug-likeness (QED) is 0.576. The Morgan fingerprint density at radius 3 is 2.41 bits per heavy atom. The molecular formula is C12H20N4O4S2. The summed E-state index contributed by atoms with van der Waals surface area (Å²) in [4.78, 5) is 1.82. The van der Waals surface area contributed by atoms with Crippen molar-refractivity contribution in [2.24, 2.45) is 5.14 Å². The van der Waals surface area contributed by atoms with Crippen molar-refractivity contribution < 1.29 is 16.8 Å². The molecule has 0 bridgehead atoms. The van der Waals surface area contributed by atoms with Crippen molar-refractivity contribution in [2.45, 2.75) is 9.79 Å². The molecule has 10 heteroatoms. The summed E-state index contributed by atoms with van der Waals surface area (Å²) in [6, 6.07) is 5.00. The fourth-order valence-corrected chi connectivity index (χ4v) is 3.88. The number of rotatable bonds is 6. The van der Waals surface area contributed by atoms with Gasteiger partial charge >= 0.3 is 0 Å². The van der Waals surface area contributed by atoms with Gasteiger partial charge in [0.15, 0.2) is 0 Å². The number of nitrogens with one attached hydrogen (secondary N) is 2. The third-order valence-corrected chi connectivity index (χ3v) is 5.74. The van der Waals surface area contributed by atoms with Crippen LogP contribution in [-0.4, -0.2) is 61.0 Å². The van der Waals surface area contributed by atoms with E-state index in [9.17, 15) is 16.8 Å². The van der Waals surface area contributed by atoms with Crippen LogP contribution in [0.15, 0.2) is 34.1 Å². The summed E-state index contributed by atoms with van der Waals surface area (Å²) >= 11 is 0. The van der Waals surface area contributed by atoms with E-state index in [1.54, 1.807) is 0 Å². The number of nitrogens with two attached hydrogens (primary N) is 1. The van der Waals surface area contributed by atoms with Crippen LogP contribution in [0.5, 0.6) is 0 Å². The van der Waals surface area contributed by atoms with Gasteiger partial charge in [-0.15, -0.1) is 0 Å². The Hall–Kier alpha value is -1.04. The Morgan fingerprint density at radius 2 is 1.77 bits per heavy atom. The average Bonchev–Trinajstić information content (AvgIpc) is 2.47. The molecule has 1 aromatic rings. The number of nitrogens with zero attached hydrogens (tertiary/aromatic N) is 1. The van der Waals surface area contributed by atoms with Crippen molar-refractivity contribution in [3.63, 3.8) is 0 Å². The zero-order chi connectivity index (χ0) is 16.2. The van der Waals surface area contributed by atoms with E-state index in [1.807, 2.05) is 0 Å². The van der Waals surface area contributed by atoms with Crippen LogP contribution in [0.1, 0.15) is 0 Å². The molecule has 1 aromatic carbocycles. The largest absolute Gasteiger partial charge is 0.314 e. The van der Waals surface area contributed by atoms with Gasteiger partial charge < -0.3 is 5.32 Å². The summed E-state index contributed by atoms with van der Waals surface area (Å²) in [6.07, 6.45) is 0. The number of piperazine rings is 1. The molecule has 0 amide bonds. The van der Waals surface area contributed by atoms with Crippen molar-refractivity contribution in [1.29, 1.82) is 0 Å². The number of sulfonamides is 2. The molecule has 1 aliphatic rings. The Morgan fingerprint density at radius 1 is 1.14 bits per heavy atom. The molecule has 1 heterocycles. The molecule has 2 rings (SSSR count). The van der Waals surface area contributed by atoms with Crippen molar-refractivity contribution in [2.75, 3.05) is 39.3 Å². The average molecular weight is 348 g/mol. The maximum absolute atomic E-state index is 12.2. The third-order valence-electron chi connectivity index (χ3n) is 3.37. The number of hydrogen-bond donors (Lipinski definition) is 3. The van der Waals surface area contributed by atoms with E-state index < -0.39 is 20.0 Å². The third kappa shape index (κ3) is 4.73. The minimum Gasteiger partial charge on any atom is -0.314 e. The van der Waals surface area contributed by atoms with Gasteiger partial charge in [0.1, 0.15) is 0 Å². The van der Waals surface area contributed by atoms with Crippen molar-refractivity contribution >= 4 is 20.0 Å². The first-order chi connectivity index (χ1) is 10.3. The highest BCUT2D eigenvalue weighted by atomic mass is 32.2. The van der Waals surface area contributed by atoms with E-state index in [0.29, 0.717) is 6.54 Å². The molecule has 1 saturated heterocycles. The molecule has 0 atom stereocenters. The van der Waals surface area contributed by atoms with Gasteiger partial charge in [0, 0.05) is 39.3 Å². The van der Waals surface area contributed by atoms with Crippen molar-refractivity contribution in [3.8, 4) is 0 Å². The summed E-state index contributed by atoms with van der Waals surface area (Å²) in [7, 11) is -7.69. The minimum atomic E-state index is -3.93. The Kier molecular flexibility index (Phi) is 5.53. The van der Waals surface area contributed by atoms with E-state index in [0.717, 1.165) is 32.2 Å². The lowest BCUT2D eigenvalue weighted by molar-refractivity contribution is 0.245. The molecule has 0 spiro atoms. The smallest absolute Gasteiger partial charge is 0.240 e. The monoisotopic (exact) mass is 348 g/mol. The second-order valence-corrected chi connectivity index (χ2v) is 8.34. The fraction of sp³-hybridized carbons (Fsp3) is 0.500. The topological polar surface area (TPSA) is 122 Å². The normalized spacial score (nSPS) is 17.5. The summed E-state index contributed by atoms with van der Waals surface area (Å²) in [6.45, 7) is 4.41. The molecule has 124 valence electrons. The highest BCUT2D eigenvalue weighted by Crippen LogP contribution is 2.14. The van der Waals surface area contributed by atoms with Crippen LogP contribution in [0.2, 0.25) is 0 Å².